The van der Waals surface area contributed by atoms with Crippen molar-refractivity contribution in [2.24, 2.45) is 4.99 Å². The average Bonchev–Trinajstić information content (AvgIpc) is 3.23. The maximum absolute atomic E-state index is 5.29. The molecule has 0 fully saturated rings. The van der Waals surface area contributed by atoms with Crippen molar-refractivity contribution in [2.45, 2.75) is 0 Å². The Labute approximate surface area is 188 Å². The predicted molar refractivity (Wildman–Crippen MR) is 127 cm³/mol. The van der Waals surface area contributed by atoms with Crippen molar-refractivity contribution in [3.63, 3.8) is 0 Å². The van der Waals surface area contributed by atoms with Gasteiger partial charge in [0.25, 0.3) is 0 Å². The molecule has 4 aromatic rings. The molecule has 4 rings (SSSR count). The summed E-state index contributed by atoms with van der Waals surface area (Å²) in [5, 5.41) is 0.703. The van der Waals surface area contributed by atoms with Crippen LogP contribution < -0.4 is 9.47 Å². The Morgan fingerprint density at radius 3 is 1.93 bits per heavy atom. The zero-order valence-electron chi connectivity index (χ0n) is 16.5. The van der Waals surface area contributed by atoms with Gasteiger partial charge in [-0.3, -0.25) is 0 Å². The van der Waals surface area contributed by atoms with Gasteiger partial charge in [0.15, 0.2) is 0 Å². The van der Waals surface area contributed by atoms with Crippen LogP contribution in [0.25, 0.3) is 21.7 Å². The molecule has 0 aliphatic carbocycles. The van der Waals surface area contributed by atoms with Crippen LogP contribution in [0.2, 0.25) is 0 Å². The van der Waals surface area contributed by atoms with Gasteiger partial charge in [-0.25, -0.2) is 9.98 Å². The highest BCUT2D eigenvalue weighted by molar-refractivity contribution is 9.10. The van der Waals surface area contributed by atoms with Crippen molar-refractivity contribution in [2.75, 3.05) is 14.2 Å². The van der Waals surface area contributed by atoms with Crippen molar-refractivity contribution in [3.05, 3.63) is 82.8 Å². The van der Waals surface area contributed by atoms with Gasteiger partial charge in [-0.05, 0) is 71.8 Å². The minimum absolute atomic E-state index is 0.703. The van der Waals surface area contributed by atoms with Crippen LogP contribution in [0, 0.1) is 0 Å². The molecule has 0 aliphatic rings. The fourth-order valence-corrected chi connectivity index (χ4v) is 4.13. The summed E-state index contributed by atoms with van der Waals surface area (Å²) in [6, 6.07) is 23.9. The molecule has 6 heteroatoms. The lowest BCUT2D eigenvalue weighted by Crippen LogP contribution is -1.85. The fraction of sp³-hybridized carbons (Fsp3) is 0.0833. The molecule has 0 saturated carbocycles. The highest BCUT2D eigenvalue weighted by Crippen LogP contribution is 2.40. The molecule has 1 heterocycles. The van der Waals surface area contributed by atoms with E-state index in [4.69, 9.17) is 14.5 Å². The minimum atomic E-state index is 0.703. The molecule has 0 radical (unpaired) electrons. The molecular weight excluding hydrogens is 460 g/mol. The largest absolute Gasteiger partial charge is 0.497 e. The third-order valence-electron chi connectivity index (χ3n) is 4.53. The molecular formula is C24H19BrN2O2S. The first-order valence-corrected chi connectivity index (χ1v) is 10.9. The van der Waals surface area contributed by atoms with Crippen LogP contribution in [-0.2, 0) is 0 Å². The highest BCUT2D eigenvalue weighted by Gasteiger charge is 2.15. The number of aliphatic imine (C=N–C) groups is 1. The summed E-state index contributed by atoms with van der Waals surface area (Å²) < 4.78 is 11.6. The van der Waals surface area contributed by atoms with E-state index in [-0.39, 0.29) is 0 Å². The highest BCUT2D eigenvalue weighted by atomic mass is 79.9. The number of methoxy groups -OCH3 is 2. The fourth-order valence-electron chi connectivity index (χ4n) is 2.93. The van der Waals surface area contributed by atoms with Gasteiger partial charge in [0.05, 0.1) is 24.8 Å². The second-order valence-electron chi connectivity index (χ2n) is 6.44. The number of rotatable bonds is 6. The number of nitrogens with zero attached hydrogens (tertiary/aromatic N) is 2. The first-order chi connectivity index (χ1) is 14.7. The molecule has 1 aromatic heterocycles. The normalized spacial score (nSPS) is 11.0. The van der Waals surface area contributed by atoms with Crippen LogP contribution in [-0.4, -0.2) is 25.4 Å². The lowest BCUT2D eigenvalue weighted by molar-refractivity contribution is 0.414. The van der Waals surface area contributed by atoms with Crippen LogP contribution in [0.3, 0.4) is 0 Å². The van der Waals surface area contributed by atoms with E-state index in [9.17, 15) is 0 Å². The second-order valence-corrected chi connectivity index (χ2v) is 8.33. The predicted octanol–water partition coefficient (Wildman–Crippen LogP) is 7.01. The smallest absolute Gasteiger partial charge is 0.210 e. The summed E-state index contributed by atoms with van der Waals surface area (Å²) >= 11 is 5.02. The number of hydrogen-bond donors (Lipinski definition) is 0. The van der Waals surface area contributed by atoms with Gasteiger partial charge in [-0.15, -0.1) is 0 Å². The van der Waals surface area contributed by atoms with E-state index in [0.717, 1.165) is 43.2 Å². The lowest BCUT2D eigenvalue weighted by atomic mass is 10.1. The average molecular weight is 479 g/mol. The number of benzene rings is 3. The van der Waals surface area contributed by atoms with Crippen molar-refractivity contribution in [1.29, 1.82) is 0 Å². The summed E-state index contributed by atoms with van der Waals surface area (Å²) in [6.07, 6.45) is 1.83. The van der Waals surface area contributed by atoms with Gasteiger partial charge in [-0.2, -0.15) is 0 Å². The quantitative estimate of drug-likeness (QED) is 0.280. The van der Waals surface area contributed by atoms with Crippen LogP contribution >= 0.6 is 27.3 Å². The molecule has 0 atom stereocenters. The maximum Gasteiger partial charge on any atom is 0.210 e. The maximum atomic E-state index is 5.29. The van der Waals surface area contributed by atoms with Gasteiger partial charge in [-0.1, -0.05) is 39.4 Å². The first kappa shape index (κ1) is 20.3. The van der Waals surface area contributed by atoms with Crippen LogP contribution in [0.15, 0.2) is 82.3 Å². The van der Waals surface area contributed by atoms with E-state index in [0.29, 0.717) is 5.13 Å². The molecule has 150 valence electrons. The Morgan fingerprint density at radius 2 is 1.37 bits per heavy atom. The van der Waals surface area contributed by atoms with Crippen LogP contribution in [0.4, 0.5) is 5.13 Å². The van der Waals surface area contributed by atoms with Crippen LogP contribution in [0.1, 0.15) is 5.56 Å². The van der Waals surface area contributed by atoms with Gasteiger partial charge in [0.1, 0.15) is 11.5 Å². The van der Waals surface area contributed by atoms with Crippen molar-refractivity contribution in [1.82, 2.24) is 4.98 Å². The third-order valence-corrected chi connectivity index (χ3v) is 6.07. The summed E-state index contributed by atoms with van der Waals surface area (Å²) in [5.41, 5.74) is 4.01. The van der Waals surface area contributed by atoms with Crippen LogP contribution in [0.5, 0.6) is 11.5 Å². The van der Waals surface area contributed by atoms with Gasteiger partial charge < -0.3 is 9.47 Å². The van der Waals surface area contributed by atoms with Crippen molar-refractivity contribution in [3.8, 4) is 33.2 Å². The molecule has 0 N–H and O–H groups in total. The number of aromatic nitrogens is 1. The zero-order valence-corrected chi connectivity index (χ0v) is 18.9. The van der Waals surface area contributed by atoms with E-state index in [1.807, 2.05) is 79.0 Å². The molecule has 3 aromatic carbocycles. The monoisotopic (exact) mass is 478 g/mol. The van der Waals surface area contributed by atoms with Gasteiger partial charge in [0.2, 0.25) is 5.13 Å². The number of halogens is 1. The topological polar surface area (TPSA) is 43.7 Å². The van der Waals surface area contributed by atoms with Gasteiger partial charge in [0, 0.05) is 16.3 Å². The minimum Gasteiger partial charge on any atom is -0.497 e. The summed E-state index contributed by atoms with van der Waals surface area (Å²) in [5.74, 6) is 1.64. The second kappa shape index (κ2) is 9.24. The Balaban J connectivity index is 1.74. The van der Waals surface area contributed by atoms with E-state index < -0.39 is 0 Å². The number of ether oxygens (including phenoxy) is 2. The van der Waals surface area contributed by atoms with Gasteiger partial charge >= 0.3 is 0 Å². The molecule has 0 spiro atoms. The van der Waals surface area contributed by atoms with E-state index in [1.54, 1.807) is 25.6 Å². The van der Waals surface area contributed by atoms with E-state index in [2.05, 4.69) is 20.9 Å². The van der Waals surface area contributed by atoms with Crippen molar-refractivity contribution < 1.29 is 9.47 Å². The third kappa shape index (κ3) is 4.61. The Morgan fingerprint density at radius 1 is 0.800 bits per heavy atom. The zero-order chi connectivity index (χ0) is 20.9. The van der Waals surface area contributed by atoms with E-state index in [1.165, 1.54) is 0 Å². The summed E-state index contributed by atoms with van der Waals surface area (Å²) in [4.78, 5) is 10.5. The Kier molecular flexibility index (Phi) is 6.26. The summed E-state index contributed by atoms with van der Waals surface area (Å²) in [7, 11) is 3.33. The molecule has 30 heavy (non-hydrogen) atoms. The number of thiazole rings is 1. The molecule has 0 bridgehead atoms. The number of hydrogen-bond acceptors (Lipinski definition) is 5. The summed E-state index contributed by atoms with van der Waals surface area (Å²) in [6.45, 7) is 0. The molecule has 0 saturated heterocycles. The molecule has 0 unspecified atom stereocenters. The lowest BCUT2D eigenvalue weighted by Gasteiger charge is -2.05. The molecule has 4 nitrogen and oxygen atoms in total. The SMILES string of the molecule is COc1ccc(-c2nc(N=Cc3ccc(Br)cc3)sc2-c2ccc(OC)cc2)cc1. The van der Waals surface area contributed by atoms with E-state index >= 15 is 0 Å². The Hall–Kier alpha value is -2.96. The molecule has 0 amide bonds. The van der Waals surface area contributed by atoms with Crippen molar-refractivity contribution >= 4 is 38.6 Å². The first-order valence-electron chi connectivity index (χ1n) is 9.25. The standard InChI is InChI=1S/C24H19BrN2O2S/c1-28-20-11-5-17(6-12-20)22-23(18-7-13-21(29-2)14-8-18)30-24(27-22)26-15-16-3-9-19(25)10-4-16/h3-15H,1-2H3. The molecule has 0 aliphatic heterocycles. The Bertz CT molecular complexity index is 1090.